The standard InChI is InChI=1S/C12H6F3N3S/c13-12(14,15)10-2-1-9(5-8(10)6-16)19-11-7-17-3-4-18-11/h1-5,7H. The molecular formula is C12H6F3N3S. The Morgan fingerprint density at radius 1 is 1.21 bits per heavy atom. The van der Waals surface area contributed by atoms with Crippen LogP contribution in [0, 0.1) is 11.3 Å². The third-order valence-electron chi connectivity index (χ3n) is 2.18. The predicted octanol–water partition coefficient (Wildman–Crippen LogP) is 3.52. The number of rotatable bonds is 2. The monoisotopic (exact) mass is 281 g/mol. The first-order valence-corrected chi connectivity index (χ1v) is 5.87. The van der Waals surface area contributed by atoms with Crippen molar-refractivity contribution in [1.29, 1.82) is 5.26 Å². The highest BCUT2D eigenvalue weighted by Crippen LogP contribution is 2.34. The SMILES string of the molecule is N#Cc1cc(Sc2cnccn2)ccc1C(F)(F)F. The van der Waals surface area contributed by atoms with Gasteiger partial charge in [0, 0.05) is 17.3 Å². The molecule has 0 amide bonds. The molecule has 0 saturated heterocycles. The van der Waals surface area contributed by atoms with Crippen molar-refractivity contribution >= 4 is 11.8 Å². The van der Waals surface area contributed by atoms with Gasteiger partial charge in [0.15, 0.2) is 0 Å². The van der Waals surface area contributed by atoms with Gasteiger partial charge in [-0.3, -0.25) is 4.98 Å². The highest BCUT2D eigenvalue weighted by atomic mass is 32.2. The summed E-state index contributed by atoms with van der Waals surface area (Å²) in [6.07, 6.45) is -0.0513. The molecule has 0 aliphatic heterocycles. The molecule has 2 aromatic rings. The Labute approximate surface area is 111 Å². The summed E-state index contributed by atoms with van der Waals surface area (Å²) in [5.41, 5.74) is -1.33. The van der Waals surface area contributed by atoms with Gasteiger partial charge in [0.2, 0.25) is 0 Å². The lowest BCUT2D eigenvalue weighted by molar-refractivity contribution is -0.137. The Morgan fingerprint density at radius 2 is 2.00 bits per heavy atom. The molecule has 0 saturated carbocycles. The average molecular weight is 281 g/mol. The number of hydrogen-bond donors (Lipinski definition) is 0. The normalized spacial score (nSPS) is 11.1. The lowest BCUT2D eigenvalue weighted by atomic mass is 10.1. The van der Waals surface area contributed by atoms with Crippen molar-refractivity contribution in [2.24, 2.45) is 0 Å². The van der Waals surface area contributed by atoms with Crippen LogP contribution in [-0.2, 0) is 6.18 Å². The first-order chi connectivity index (χ1) is 9.00. The zero-order valence-electron chi connectivity index (χ0n) is 9.35. The zero-order chi connectivity index (χ0) is 13.9. The summed E-state index contributed by atoms with van der Waals surface area (Å²) < 4.78 is 37.8. The Morgan fingerprint density at radius 3 is 2.58 bits per heavy atom. The number of hydrogen-bond acceptors (Lipinski definition) is 4. The maximum atomic E-state index is 12.6. The molecule has 19 heavy (non-hydrogen) atoms. The topological polar surface area (TPSA) is 49.6 Å². The van der Waals surface area contributed by atoms with Crippen molar-refractivity contribution in [2.45, 2.75) is 16.1 Å². The second-order valence-electron chi connectivity index (χ2n) is 3.46. The van der Waals surface area contributed by atoms with E-state index in [4.69, 9.17) is 5.26 Å². The van der Waals surface area contributed by atoms with Gasteiger partial charge in [-0.05, 0) is 18.2 Å². The van der Waals surface area contributed by atoms with E-state index in [0.29, 0.717) is 9.92 Å². The molecule has 96 valence electrons. The molecule has 2 rings (SSSR count). The Balaban J connectivity index is 2.33. The summed E-state index contributed by atoms with van der Waals surface area (Å²) in [4.78, 5) is 8.35. The van der Waals surface area contributed by atoms with Gasteiger partial charge in [-0.25, -0.2) is 4.98 Å². The number of benzene rings is 1. The summed E-state index contributed by atoms with van der Waals surface area (Å²) in [5.74, 6) is 0. The maximum absolute atomic E-state index is 12.6. The van der Waals surface area contributed by atoms with Crippen LogP contribution in [0.4, 0.5) is 13.2 Å². The third-order valence-corrected chi connectivity index (χ3v) is 3.09. The van der Waals surface area contributed by atoms with E-state index >= 15 is 0 Å². The van der Waals surface area contributed by atoms with Crippen LogP contribution in [0.5, 0.6) is 0 Å². The first-order valence-electron chi connectivity index (χ1n) is 5.06. The summed E-state index contributed by atoms with van der Waals surface area (Å²) in [7, 11) is 0. The van der Waals surface area contributed by atoms with Crippen molar-refractivity contribution in [3.8, 4) is 6.07 Å². The fraction of sp³-hybridized carbons (Fsp3) is 0.0833. The van der Waals surface area contributed by atoms with Crippen LogP contribution < -0.4 is 0 Å². The molecule has 0 radical (unpaired) electrons. The molecule has 0 aliphatic carbocycles. The minimum atomic E-state index is -4.53. The molecule has 0 N–H and O–H groups in total. The molecule has 0 aliphatic rings. The van der Waals surface area contributed by atoms with E-state index < -0.39 is 17.3 Å². The Hall–Kier alpha value is -2.07. The van der Waals surface area contributed by atoms with Crippen LogP contribution in [0.15, 0.2) is 46.7 Å². The molecule has 3 nitrogen and oxygen atoms in total. The summed E-state index contributed by atoms with van der Waals surface area (Å²) in [6, 6.07) is 4.96. The van der Waals surface area contributed by atoms with Crippen molar-refractivity contribution in [2.75, 3.05) is 0 Å². The predicted molar refractivity (Wildman–Crippen MR) is 62.3 cm³/mol. The quantitative estimate of drug-likeness (QED) is 0.845. The van der Waals surface area contributed by atoms with Crippen molar-refractivity contribution in [3.63, 3.8) is 0 Å². The maximum Gasteiger partial charge on any atom is 0.417 e. The Kier molecular flexibility index (Phi) is 3.71. The average Bonchev–Trinajstić information content (AvgIpc) is 2.38. The molecule has 1 aromatic heterocycles. The van der Waals surface area contributed by atoms with Gasteiger partial charge in [-0.2, -0.15) is 18.4 Å². The number of aromatic nitrogens is 2. The lowest BCUT2D eigenvalue weighted by Crippen LogP contribution is -2.07. The van der Waals surface area contributed by atoms with Gasteiger partial charge >= 0.3 is 6.18 Å². The molecular weight excluding hydrogens is 275 g/mol. The van der Waals surface area contributed by atoms with Crippen molar-refractivity contribution in [1.82, 2.24) is 9.97 Å². The van der Waals surface area contributed by atoms with Gasteiger partial charge in [0.1, 0.15) is 5.03 Å². The minimum absolute atomic E-state index is 0.401. The number of nitriles is 1. The van der Waals surface area contributed by atoms with E-state index in [9.17, 15) is 13.2 Å². The molecule has 0 fully saturated rings. The third kappa shape index (κ3) is 3.23. The first kappa shape index (κ1) is 13.4. The summed E-state index contributed by atoms with van der Waals surface area (Å²) in [5, 5.41) is 9.33. The van der Waals surface area contributed by atoms with E-state index in [1.807, 2.05) is 0 Å². The van der Waals surface area contributed by atoms with Crippen molar-refractivity contribution < 1.29 is 13.2 Å². The van der Waals surface area contributed by atoms with Gasteiger partial charge in [-0.15, -0.1) is 0 Å². The Bertz CT molecular complexity index is 620. The summed E-state index contributed by atoms with van der Waals surface area (Å²) >= 11 is 1.14. The molecule has 7 heteroatoms. The van der Waals surface area contributed by atoms with Gasteiger partial charge < -0.3 is 0 Å². The number of halogens is 3. The van der Waals surface area contributed by atoms with Crippen LogP contribution in [0.25, 0.3) is 0 Å². The molecule has 0 atom stereocenters. The van der Waals surface area contributed by atoms with Gasteiger partial charge in [-0.1, -0.05) is 11.8 Å². The molecule has 0 bridgehead atoms. The largest absolute Gasteiger partial charge is 0.417 e. The smallest absolute Gasteiger partial charge is 0.260 e. The van der Waals surface area contributed by atoms with E-state index in [0.717, 1.165) is 17.8 Å². The molecule has 1 heterocycles. The minimum Gasteiger partial charge on any atom is -0.260 e. The van der Waals surface area contributed by atoms with Crippen LogP contribution in [-0.4, -0.2) is 9.97 Å². The lowest BCUT2D eigenvalue weighted by Gasteiger charge is -2.09. The van der Waals surface area contributed by atoms with E-state index in [1.54, 1.807) is 6.07 Å². The van der Waals surface area contributed by atoms with E-state index in [1.165, 1.54) is 30.7 Å². The van der Waals surface area contributed by atoms with Crippen molar-refractivity contribution in [3.05, 3.63) is 47.9 Å². The van der Waals surface area contributed by atoms with Gasteiger partial charge in [0.25, 0.3) is 0 Å². The molecule has 0 spiro atoms. The fourth-order valence-electron chi connectivity index (χ4n) is 1.39. The highest BCUT2D eigenvalue weighted by Gasteiger charge is 2.33. The van der Waals surface area contributed by atoms with Crippen LogP contribution in [0.1, 0.15) is 11.1 Å². The van der Waals surface area contributed by atoms with E-state index in [-0.39, 0.29) is 0 Å². The fourth-order valence-corrected chi connectivity index (χ4v) is 2.17. The second-order valence-corrected chi connectivity index (χ2v) is 4.56. The second kappa shape index (κ2) is 5.28. The zero-order valence-corrected chi connectivity index (χ0v) is 10.2. The number of alkyl halides is 3. The van der Waals surface area contributed by atoms with Crippen LogP contribution in [0.2, 0.25) is 0 Å². The number of nitrogens with zero attached hydrogens (tertiary/aromatic N) is 3. The van der Waals surface area contributed by atoms with E-state index in [2.05, 4.69) is 9.97 Å². The summed E-state index contributed by atoms with van der Waals surface area (Å²) in [6.45, 7) is 0. The van der Waals surface area contributed by atoms with Gasteiger partial charge in [0.05, 0.1) is 23.4 Å². The molecule has 0 unspecified atom stereocenters. The molecule has 1 aromatic carbocycles. The van der Waals surface area contributed by atoms with Crippen LogP contribution >= 0.6 is 11.8 Å². The van der Waals surface area contributed by atoms with Crippen LogP contribution in [0.3, 0.4) is 0 Å². The highest BCUT2D eigenvalue weighted by molar-refractivity contribution is 7.99.